The first kappa shape index (κ1) is 26.3. The van der Waals surface area contributed by atoms with Crippen molar-refractivity contribution in [3.63, 3.8) is 0 Å². The van der Waals surface area contributed by atoms with Crippen molar-refractivity contribution < 1.29 is 10.2 Å². The Morgan fingerprint density at radius 3 is 1.17 bits per heavy atom. The van der Waals surface area contributed by atoms with E-state index in [2.05, 4.69) is 82.6 Å². The normalized spacial score (nSPS) is 16.0. The van der Waals surface area contributed by atoms with E-state index in [1.165, 1.54) is 11.1 Å². The minimum absolute atomic E-state index is 0.0828. The van der Waals surface area contributed by atoms with E-state index >= 15 is 0 Å². The third-order valence-corrected chi connectivity index (χ3v) is 8.75. The van der Waals surface area contributed by atoms with E-state index in [1.807, 2.05) is 60.7 Å². The van der Waals surface area contributed by atoms with Gasteiger partial charge in [0.2, 0.25) is 0 Å². The van der Waals surface area contributed by atoms with Crippen molar-refractivity contribution in [3.8, 4) is 11.5 Å². The lowest BCUT2D eigenvalue weighted by Gasteiger charge is -2.43. The minimum atomic E-state index is -0.0828. The quantitative estimate of drug-likeness (QED) is 0.221. The van der Waals surface area contributed by atoms with Gasteiger partial charge >= 0.3 is 0 Å². The van der Waals surface area contributed by atoms with Crippen LogP contribution in [0.15, 0.2) is 133 Å². The Morgan fingerprint density at radius 2 is 0.762 bits per heavy atom. The third-order valence-electron chi connectivity index (χ3n) is 8.75. The van der Waals surface area contributed by atoms with Crippen molar-refractivity contribution in [1.82, 2.24) is 9.80 Å². The summed E-state index contributed by atoms with van der Waals surface area (Å²) in [5, 5.41) is 27.0. The number of rotatable bonds is 6. The maximum atomic E-state index is 11.3. The summed E-state index contributed by atoms with van der Waals surface area (Å²) in [4.78, 5) is 5.00. The van der Waals surface area contributed by atoms with Gasteiger partial charge in [0.1, 0.15) is 11.5 Å². The van der Waals surface area contributed by atoms with Gasteiger partial charge in [0.05, 0.1) is 12.1 Å². The van der Waals surface area contributed by atoms with Crippen LogP contribution in [0, 0.1) is 0 Å². The van der Waals surface area contributed by atoms with Gasteiger partial charge in [-0.25, -0.2) is 0 Å². The molecule has 4 nitrogen and oxygen atoms in total. The number of fused-ring (bicyclic) bond motifs is 2. The number of hydrogen-bond acceptors (Lipinski definition) is 4. The second-order valence-corrected chi connectivity index (χ2v) is 11.1. The van der Waals surface area contributed by atoms with Gasteiger partial charge in [-0.3, -0.25) is 9.80 Å². The van der Waals surface area contributed by atoms with Crippen molar-refractivity contribution >= 4 is 21.5 Å². The molecule has 1 saturated heterocycles. The van der Waals surface area contributed by atoms with Crippen LogP contribution in [0.4, 0.5) is 0 Å². The molecule has 1 aliphatic rings. The second kappa shape index (κ2) is 11.3. The lowest BCUT2D eigenvalue weighted by atomic mass is 9.89. The summed E-state index contributed by atoms with van der Waals surface area (Å²) in [6.45, 7) is 3.27. The van der Waals surface area contributed by atoms with E-state index < -0.39 is 0 Å². The van der Waals surface area contributed by atoms with E-state index in [0.29, 0.717) is 11.5 Å². The number of aromatic hydroxyl groups is 2. The lowest BCUT2D eigenvalue weighted by molar-refractivity contribution is 0.0892. The molecule has 4 heteroatoms. The second-order valence-electron chi connectivity index (χ2n) is 11.1. The van der Waals surface area contributed by atoms with Crippen molar-refractivity contribution in [3.05, 3.63) is 156 Å². The molecule has 1 heterocycles. The van der Waals surface area contributed by atoms with Gasteiger partial charge < -0.3 is 10.2 Å². The lowest BCUT2D eigenvalue weighted by Crippen LogP contribution is -2.49. The highest BCUT2D eigenvalue weighted by molar-refractivity contribution is 5.89. The van der Waals surface area contributed by atoms with Crippen LogP contribution in [-0.4, -0.2) is 46.2 Å². The molecule has 0 spiro atoms. The molecule has 0 bridgehead atoms. The Morgan fingerprint density at radius 1 is 0.405 bits per heavy atom. The zero-order valence-corrected chi connectivity index (χ0v) is 23.5. The average Bonchev–Trinajstić information content (AvgIpc) is 3.05. The molecule has 208 valence electrons. The fourth-order valence-corrected chi connectivity index (χ4v) is 6.79. The Balaban J connectivity index is 1.28. The minimum Gasteiger partial charge on any atom is -0.508 e. The van der Waals surface area contributed by atoms with Crippen LogP contribution in [0.3, 0.4) is 0 Å². The van der Waals surface area contributed by atoms with E-state index in [1.54, 1.807) is 0 Å². The molecule has 0 amide bonds. The van der Waals surface area contributed by atoms with E-state index in [4.69, 9.17) is 0 Å². The number of piperazine rings is 1. The molecule has 0 radical (unpaired) electrons. The highest BCUT2D eigenvalue weighted by Gasteiger charge is 2.34. The van der Waals surface area contributed by atoms with Crippen LogP contribution in [0.2, 0.25) is 0 Å². The van der Waals surface area contributed by atoms with E-state index in [9.17, 15) is 10.2 Å². The number of phenols is 2. The summed E-state index contributed by atoms with van der Waals surface area (Å²) in [5.41, 5.74) is 4.26. The first-order valence-corrected chi connectivity index (χ1v) is 14.7. The van der Waals surface area contributed by atoms with Gasteiger partial charge in [-0.2, -0.15) is 0 Å². The fraction of sp³-hybridized carbons (Fsp3) is 0.158. The highest BCUT2D eigenvalue weighted by atomic mass is 16.3. The van der Waals surface area contributed by atoms with Crippen LogP contribution in [-0.2, 0) is 0 Å². The van der Waals surface area contributed by atoms with Crippen LogP contribution in [0.1, 0.15) is 34.3 Å². The molecular formula is C38H34N2O2. The summed E-state index contributed by atoms with van der Waals surface area (Å²) < 4.78 is 0. The van der Waals surface area contributed by atoms with Gasteiger partial charge in [-0.05, 0) is 44.8 Å². The molecule has 42 heavy (non-hydrogen) atoms. The van der Waals surface area contributed by atoms with Gasteiger partial charge in [0.25, 0.3) is 0 Å². The van der Waals surface area contributed by atoms with Gasteiger partial charge in [0, 0.05) is 37.3 Å². The van der Waals surface area contributed by atoms with Crippen LogP contribution >= 0.6 is 0 Å². The first-order chi connectivity index (χ1) is 20.7. The SMILES string of the molecule is Oc1ccc2ccccc2c1C(c1ccccc1)N1CCN(C(c2ccccc2)c2c(O)ccc3ccccc23)CC1. The number of hydrogen-bond donors (Lipinski definition) is 2. The van der Waals surface area contributed by atoms with Crippen LogP contribution < -0.4 is 0 Å². The summed E-state index contributed by atoms with van der Waals surface area (Å²) in [6.07, 6.45) is 0. The van der Waals surface area contributed by atoms with E-state index in [0.717, 1.165) is 58.9 Å². The van der Waals surface area contributed by atoms with E-state index in [-0.39, 0.29) is 12.1 Å². The summed E-state index contributed by atoms with van der Waals surface area (Å²) in [7, 11) is 0. The Kier molecular flexibility index (Phi) is 7.08. The predicted molar refractivity (Wildman–Crippen MR) is 171 cm³/mol. The topological polar surface area (TPSA) is 46.9 Å². The van der Waals surface area contributed by atoms with Crippen molar-refractivity contribution in [2.75, 3.05) is 26.2 Å². The molecule has 1 aliphatic heterocycles. The third kappa shape index (κ3) is 4.79. The van der Waals surface area contributed by atoms with Gasteiger partial charge in [0.15, 0.2) is 0 Å². The molecule has 2 N–H and O–H groups in total. The van der Waals surface area contributed by atoms with Crippen molar-refractivity contribution in [2.45, 2.75) is 12.1 Å². The number of benzene rings is 6. The molecule has 2 unspecified atom stereocenters. The molecule has 7 rings (SSSR count). The largest absolute Gasteiger partial charge is 0.508 e. The summed E-state index contributed by atoms with van der Waals surface area (Å²) in [6, 6.07) is 45.2. The molecule has 1 fully saturated rings. The molecule has 6 aromatic carbocycles. The zero-order chi connectivity index (χ0) is 28.5. The molecular weight excluding hydrogens is 516 g/mol. The van der Waals surface area contributed by atoms with Gasteiger partial charge in [-0.15, -0.1) is 0 Å². The van der Waals surface area contributed by atoms with Crippen LogP contribution in [0.5, 0.6) is 11.5 Å². The number of nitrogens with zero attached hydrogens (tertiary/aromatic N) is 2. The summed E-state index contributed by atoms with van der Waals surface area (Å²) >= 11 is 0. The average molecular weight is 551 g/mol. The standard InChI is InChI=1S/C38H34N2O2/c41-33-21-19-27-11-7-9-17-31(27)35(33)37(29-13-3-1-4-14-29)39-23-25-40(26-24-39)38(30-15-5-2-6-16-30)36-32-18-10-8-12-28(32)20-22-34(36)42/h1-22,37-38,41-42H,23-26H2. The molecule has 2 atom stereocenters. The molecule has 0 aromatic heterocycles. The summed E-state index contributed by atoms with van der Waals surface area (Å²) in [5.74, 6) is 0.653. The number of phenolic OH excluding ortho intramolecular Hbond substituents is 2. The first-order valence-electron chi connectivity index (χ1n) is 14.7. The zero-order valence-electron chi connectivity index (χ0n) is 23.5. The van der Waals surface area contributed by atoms with Crippen molar-refractivity contribution in [1.29, 1.82) is 0 Å². The maximum Gasteiger partial charge on any atom is 0.121 e. The Bertz CT molecular complexity index is 1690. The van der Waals surface area contributed by atoms with Crippen molar-refractivity contribution in [2.24, 2.45) is 0 Å². The predicted octanol–water partition coefficient (Wildman–Crippen LogP) is 7.90. The Hall–Kier alpha value is -4.64. The highest BCUT2D eigenvalue weighted by Crippen LogP contribution is 2.42. The van der Waals surface area contributed by atoms with Crippen LogP contribution in [0.25, 0.3) is 21.5 Å². The fourth-order valence-electron chi connectivity index (χ4n) is 6.79. The monoisotopic (exact) mass is 550 g/mol. The molecule has 6 aromatic rings. The van der Waals surface area contributed by atoms with Gasteiger partial charge in [-0.1, -0.05) is 121 Å². The molecule has 0 aliphatic carbocycles. The maximum absolute atomic E-state index is 11.3. The molecule has 0 saturated carbocycles. The smallest absolute Gasteiger partial charge is 0.121 e. The Labute approximate surface area is 246 Å².